The molecule has 0 aromatic rings. The smallest absolute Gasteiger partial charge is 0.0420 e. The lowest BCUT2D eigenvalue weighted by atomic mass is 10.0. The Balaban J connectivity index is 2.08. The van der Waals surface area contributed by atoms with Crippen LogP contribution in [0.2, 0.25) is 0 Å². The van der Waals surface area contributed by atoms with Crippen LogP contribution >= 0.6 is 0 Å². The Morgan fingerprint density at radius 3 is 2.82 bits per heavy atom. The Hall–Kier alpha value is -0.720. The molecule has 2 bridgehead atoms. The van der Waals surface area contributed by atoms with Crippen LogP contribution in [-0.2, 0) is 0 Å². The van der Waals surface area contributed by atoms with E-state index in [1.165, 1.54) is 6.42 Å². The first-order valence-electron chi connectivity index (χ1n) is 4.18. The maximum Gasteiger partial charge on any atom is 0.0420 e. The molecule has 1 saturated heterocycles. The molecule has 0 amide bonds. The SMILES string of the molecule is C=C=CN1CC2CC1CC2N. The largest absolute Gasteiger partial charge is 0.368 e. The van der Waals surface area contributed by atoms with Gasteiger partial charge in [0.1, 0.15) is 0 Å². The van der Waals surface area contributed by atoms with Gasteiger partial charge < -0.3 is 10.6 Å². The van der Waals surface area contributed by atoms with Gasteiger partial charge in [-0.15, -0.1) is 5.73 Å². The lowest BCUT2D eigenvalue weighted by Gasteiger charge is -2.27. The van der Waals surface area contributed by atoms with E-state index in [-0.39, 0.29) is 0 Å². The van der Waals surface area contributed by atoms with Gasteiger partial charge in [-0.05, 0) is 18.8 Å². The van der Waals surface area contributed by atoms with E-state index < -0.39 is 0 Å². The van der Waals surface area contributed by atoms with Crippen molar-refractivity contribution in [1.82, 2.24) is 4.90 Å². The fraction of sp³-hybridized carbons (Fsp3) is 0.667. The van der Waals surface area contributed by atoms with E-state index in [2.05, 4.69) is 17.2 Å². The van der Waals surface area contributed by atoms with Crippen LogP contribution in [0.1, 0.15) is 12.8 Å². The maximum atomic E-state index is 5.90. The average molecular weight is 150 g/mol. The molecule has 0 aromatic carbocycles. The molecule has 2 N–H and O–H groups in total. The Bertz CT molecular complexity index is 204. The molecule has 0 aromatic heterocycles. The van der Waals surface area contributed by atoms with Gasteiger partial charge in [-0.1, -0.05) is 6.58 Å². The molecule has 2 heteroatoms. The summed E-state index contributed by atoms with van der Waals surface area (Å²) < 4.78 is 0. The summed E-state index contributed by atoms with van der Waals surface area (Å²) in [5.74, 6) is 0.726. The normalized spacial score (nSPS) is 40.8. The van der Waals surface area contributed by atoms with E-state index in [1.807, 2.05) is 6.20 Å². The zero-order valence-electron chi connectivity index (χ0n) is 6.66. The van der Waals surface area contributed by atoms with E-state index >= 15 is 0 Å². The van der Waals surface area contributed by atoms with Crippen LogP contribution < -0.4 is 5.73 Å². The maximum absolute atomic E-state index is 5.90. The van der Waals surface area contributed by atoms with Crippen LogP contribution in [0.3, 0.4) is 0 Å². The van der Waals surface area contributed by atoms with Crippen molar-refractivity contribution in [3.63, 3.8) is 0 Å². The number of nitrogens with two attached hydrogens (primary N) is 1. The number of rotatable bonds is 1. The summed E-state index contributed by atoms with van der Waals surface area (Å²) >= 11 is 0. The lowest BCUT2D eigenvalue weighted by molar-refractivity contribution is 0.273. The van der Waals surface area contributed by atoms with Gasteiger partial charge >= 0.3 is 0 Å². The molecule has 3 unspecified atom stereocenters. The minimum atomic E-state index is 0.453. The van der Waals surface area contributed by atoms with Crippen molar-refractivity contribution in [2.75, 3.05) is 6.54 Å². The average Bonchev–Trinajstić information content (AvgIpc) is 2.47. The van der Waals surface area contributed by atoms with E-state index in [9.17, 15) is 0 Å². The van der Waals surface area contributed by atoms with Crippen LogP contribution in [0.25, 0.3) is 0 Å². The van der Waals surface area contributed by atoms with Gasteiger partial charge in [0.05, 0.1) is 0 Å². The third-order valence-electron chi connectivity index (χ3n) is 2.90. The van der Waals surface area contributed by atoms with Crippen molar-refractivity contribution in [3.05, 3.63) is 18.5 Å². The molecule has 0 spiro atoms. The van der Waals surface area contributed by atoms with Crippen LogP contribution in [-0.4, -0.2) is 23.5 Å². The summed E-state index contributed by atoms with van der Waals surface area (Å²) in [5, 5.41) is 0. The molecule has 1 aliphatic heterocycles. The number of nitrogens with zero attached hydrogens (tertiary/aromatic N) is 1. The topological polar surface area (TPSA) is 29.3 Å². The summed E-state index contributed by atoms with van der Waals surface area (Å²) in [6, 6.07) is 1.14. The summed E-state index contributed by atoms with van der Waals surface area (Å²) in [6.07, 6.45) is 4.40. The molecule has 2 aliphatic rings. The number of hydrogen-bond acceptors (Lipinski definition) is 2. The molecule has 1 aliphatic carbocycles. The quantitative estimate of drug-likeness (QED) is 0.558. The van der Waals surface area contributed by atoms with Gasteiger partial charge in [0, 0.05) is 24.8 Å². The fourth-order valence-corrected chi connectivity index (χ4v) is 2.30. The molecule has 2 rings (SSSR count). The van der Waals surface area contributed by atoms with E-state index in [0.29, 0.717) is 12.1 Å². The minimum absolute atomic E-state index is 0.453. The second-order valence-electron chi connectivity index (χ2n) is 3.58. The zero-order chi connectivity index (χ0) is 7.84. The first-order chi connectivity index (χ1) is 5.31. The number of fused-ring (bicyclic) bond motifs is 2. The summed E-state index contributed by atoms with van der Waals surface area (Å²) in [6.45, 7) is 4.69. The highest BCUT2D eigenvalue weighted by atomic mass is 15.2. The van der Waals surface area contributed by atoms with Crippen molar-refractivity contribution in [2.24, 2.45) is 11.7 Å². The Labute approximate surface area is 67.4 Å². The van der Waals surface area contributed by atoms with Crippen LogP contribution in [0.4, 0.5) is 0 Å². The molecular weight excluding hydrogens is 136 g/mol. The highest BCUT2D eigenvalue weighted by molar-refractivity contribution is 5.02. The molecule has 1 heterocycles. The molecule has 11 heavy (non-hydrogen) atoms. The van der Waals surface area contributed by atoms with Crippen molar-refractivity contribution in [1.29, 1.82) is 0 Å². The highest BCUT2D eigenvalue weighted by Gasteiger charge is 2.41. The third-order valence-corrected chi connectivity index (χ3v) is 2.90. The van der Waals surface area contributed by atoms with Gasteiger partial charge in [0.25, 0.3) is 0 Å². The second kappa shape index (κ2) is 2.40. The Morgan fingerprint density at radius 2 is 2.36 bits per heavy atom. The Kier molecular flexibility index (Phi) is 1.52. The predicted molar refractivity (Wildman–Crippen MR) is 44.9 cm³/mol. The van der Waals surface area contributed by atoms with Crippen molar-refractivity contribution in [2.45, 2.75) is 24.9 Å². The molecule has 3 atom stereocenters. The second-order valence-corrected chi connectivity index (χ2v) is 3.58. The first kappa shape index (κ1) is 6.96. The van der Waals surface area contributed by atoms with Gasteiger partial charge in [-0.25, -0.2) is 0 Å². The van der Waals surface area contributed by atoms with Crippen molar-refractivity contribution in [3.8, 4) is 0 Å². The van der Waals surface area contributed by atoms with Gasteiger partial charge in [-0.3, -0.25) is 0 Å². The lowest BCUT2D eigenvalue weighted by Crippen LogP contribution is -2.38. The fourth-order valence-electron chi connectivity index (χ4n) is 2.30. The van der Waals surface area contributed by atoms with Crippen LogP contribution in [0.15, 0.2) is 18.5 Å². The van der Waals surface area contributed by atoms with E-state index in [0.717, 1.165) is 18.9 Å². The minimum Gasteiger partial charge on any atom is -0.368 e. The standard InChI is InChI=1S/C9H14N2/c1-2-3-11-6-7-4-8(11)5-9(7)10/h3,7-9H,1,4-6,10H2. The van der Waals surface area contributed by atoms with E-state index in [4.69, 9.17) is 5.73 Å². The predicted octanol–water partition coefficient (Wildman–Crippen LogP) is 0.707. The number of piperidine rings is 1. The van der Waals surface area contributed by atoms with Crippen molar-refractivity contribution >= 4 is 0 Å². The van der Waals surface area contributed by atoms with Crippen LogP contribution in [0, 0.1) is 5.92 Å². The molecule has 2 fully saturated rings. The zero-order valence-corrected chi connectivity index (χ0v) is 6.66. The molecule has 1 saturated carbocycles. The molecule has 2 nitrogen and oxygen atoms in total. The van der Waals surface area contributed by atoms with Gasteiger partial charge in [0.15, 0.2) is 0 Å². The monoisotopic (exact) mass is 150 g/mol. The highest BCUT2D eigenvalue weighted by Crippen LogP contribution is 2.36. The number of hydrogen-bond donors (Lipinski definition) is 1. The van der Waals surface area contributed by atoms with E-state index in [1.54, 1.807) is 0 Å². The first-order valence-corrected chi connectivity index (χ1v) is 4.18. The third kappa shape index (κ3) is 0.991. The molecular formula is C9H14N2. The Morgan fingerprint density at radius 1 is 1.55 bits per heavy atom. The van der Waals surface area contributed by atoms with Gasteiger partial charge in [-0.2, -0.15) is 0 Å². The van der Waals surface area contributed by atoms with Crippen molar-refractivity contribution < 1.29 is 0 Å². The van der Waals surface area contributed by atoms with Gasteiger partial charge in [0.2, 0.25) is 0 Å². The summed E-state index contributed by atoms with van der Waals surface area (Å²) in [7, 11) is 0. The molecule has 60 valence electrons. The number of likely N-dealkylation sites (tertiary alicyclic amines) is 1. The summed E-state index contributed by atoms with van der Waals surface area (Å²) in [4.78, 5) is 2.32. The summed E-state index contributed by atoms with van der Waals surface area (Å²) in [5.41, 5.74) is 8.72. The molecule has 0 radical (unpaired) electrons. The van der Waals surface area contributed by atoms with Crippen LogP contribution in [0.5, 0.6) is 0 Å².